The molecule has 0 aliphatic heterocycles. The first kappa shape index (κ1) is 13.8. The van der Waals surface area contributed by atoms with Crippen molar-refractivity contribution in [3.8, 4) is 0 Å². The maximum atomic E-state index is 12.1. The van der Waals surface area contributed by atoms with Gasteiger partial charge in [-0.2, -0.15) is 0 Å². The quantitative estimate of drug-likeness (QED) is 0.912. The summed E-state index contributed by atoms with van der Waals surface area (Å²) in [6.07, 6.45) is 0. The predicted octanol–water partition coefficient (Wildman–Crippen LogP) is 2.77. The van der Waals surface area contributed by atoms with Gasteiger partial charge in [-0.3, -0.25) is 0 Å². The van der Waals surface area contributed by atoms with Gasteiger partial charge in [0.05, 0.1) is 4.90 Å². The minimum atomic E-state index is -3.41. The average Bonchev–Trinajstić information content (AvgIpc) is 2.47. The van der Waals surface area contributed by atoms with Gasteiger partial charge in [0.25, 0.3) is 0 Å². The van der Waals surface area contributed by atoms with Gasteiger partial charge in [-0.25, -0.2) is 13.1 Å². The standard InChI is InChI=1S/C15H17NO2S/c1-13(14-8-4-2-5-9-14)12-16-19(17,18)15-10-6-3-7-11-15/h2-11,13,16H,12H2,1H3/t13-/m0/s1. The van der Waals surface area contributed by atoms with Crippen LogP contribution in [0.5, 0.6) is 0 Å². The van der Waals surface area contributed by atoms with Crippen LogP contribution in [-0.2, 0) is 10.0 Å². The van der Waals surface area contributed by atoms with Crippen molar-refractivity contribution < 1.29 is 8.42 Å². The topological polar surface area (TPSA) is 46.2 Å². The monoisotopic (exact) mass is 275 g/mol. The third-order valence-corrected chi connectivity index (χ3v) is 4.44. The number of sulfonamides is 1. The fourth-order valence-corrected chi connectivity index (χ4v) is 2.97. The SMILES string of the molecule is C[C@@H](CNS(=O)(=O)c1ccccc1)c1ccccc1. The largest absolute Gasteiger partial charge is 0.240 e. The molecule has 0 unspecified atom stereocenters. The van der Waals surface area contributed by atoms with E-state index in [1.807, 2.05) is 37.3 Å². The smallest absolute Gasteiger partial charge is 0.211 e. The lowest BCUT2D eigenvalue weighted by Crippen LogP contribution is -2.27. The molecule has 1 atom stereocenters. The summed E-state index contributed by atoms with van der Waals surface area (Å²) in [7, 11) is -3.41. The number of rotatable bonds is 5. The van der Waals surface area contributed by atoms with Crippen LogP contribution >= 0.6 is 0 Å². The zero-order valence-corrected chi connectivity index (χ0v) is 11.6. The molecule has 19 heavy (non-hydrogen) atoms. The highest BCUT2D eigenvalue weighted by Crippen LogP contribution is 2.15. The lowest BCUT2D eigenvalue weighted by molar-refractivity contribution is 0.575. The van der Waals surface area contributed by atoms with Crippen molar-refractivity contribution in [2.75, 3.05) is 6.54 Å². The molecule has 0 aromatic heterocycles. The van der Waals surface area contributed by atoms with Crippen LogP contribution in [0.3, 0.4) is 0 Å². The van der Waals surface area contributed by atoms with Crippen molar-refractivity contribution in [1.29, 1.82) is 0 Å². The summed E-state index contributed by atoms with van der Waals surface area (Å²) in [6.45, 7) is 2.39. The van der Waals surface area contributed by atoms with E-state index in [2.05, 4.69) is 4.72 Å². The first-order chi connectivity index (χ1) is 9.09. The molecule has 0 aliphatic carbocycles. The summed E-state index contributed by atoms with van der Waals surface area (Å²) in [5.74, 6) is 0.139. The number of nitrogens with one attached hydrogen (secondary N) is 1. The van der Waals surface area contributed by atoms with Gasteiger partial charge in [-0.05, 0) is 23.6 Å². The molecule has 100 valence electrons. The van der Waals surface area contributed by atoms with Crippen LogP contribution < -0.4 is 4.72 Å². The summed E-state index contributed by atoms with van der Waals surface area (Å²) in [6, 6.07) is 18.3. The Morgan fingerprint density at radius 2 is 1.47 bits per heavy atom. The summed E-state index contributed by atoms with van der Waals surface area (Å²) >= 11 is 0. The highest BCUT2D eigenvalue weighted by molar-refractivity contribution is 7.89. The second kappa shape index (κ2) is 5.99. The van der Waals surface area contributed by atoms with Crippen molar-refractivity contribution in [3.05, 3.63) is 66.2 Å². The van der Waals surface area contributed by atoms with Crippen molar-refractivity contribution in [2.24, 2.45) is 0 Å². The Morgan fingerprint density at radius 3 is 2.05 bits per heavy atom. The van der Waals surface area contributed by atoms with Crippen LogP contribution in [0.25, 0.3) is 0 Å². The molecule has 0 amide bonds. The normalized spacial score (nSPS) is 13.1. The van der Waals surface area contributed by atoms with E-state index >= 15 is 0 Å². The summed E-state index contributed by atoms with van der Waals surface area (Å²) in [5, 5.41) is 0. The highest BCUT2D eigenvalue weighted by atomic mass is 32.2. The van der Waals surface area contributed by atoms with E-state index in [1.165, 1.54) is 0 Å². The van der Waals surface area contributed by atoms with Crippen molar-refractivity contribution in [3.63, 3.8) is 0 Å². The van der Waals surface area contributed by atoms with Gasteiger partial charge in [-0.1, -0.05) is 55.5 Å². The molecular weight excluding hydrogens is 258 g/mol. The van der Waals surface area contributed by atoms with Crippen molar-refractivity contribution >= 4 is 10.0 Å². The van der Waals surface area contributed by atoms with Gasteiger partial charge in [0, 0.05) is 6.54 Å². The molecule has 0 radical (unpaired) electrons. The molecule has 0 aliphatic rings. The van der Waals surface area contributed by atoms with E-state index in [-0.39, 0.29) is 5.92 Å². The maximum Gasteiger partial charge on any atom is 0.240 e. The molecule has 1 N–H and O–H groups in total. The van der Waals surface area contributed by atoms with Crippen molar-refractivity contribution in [2.45, 2.75) is 17.7 Å². The summed E-state index contributed by atoms with van der Waals surface area (Å²) in [4.78, 5) is 0.301. The molecule has 2 aromatic carbocycles. The molecule has 3 nitrogen and oxygen atoms in total. The van der Waals surface area contributed by atoms with E-state index in [1.54, 1.807) is 30.3 Å². The molecule has 2 aromatic rings. The van der Waals surface area contributed by atoms with Crippen LogP contribution in [0.2, 0.25) is 0 Å². The van der Waals surface area contributed by atoms with E-state index in [4.69, 9.17) is 0 Å². The van der Waals surface area contributed by atoms with Gasteiger partial charge < -0.3 is 0 Å². The van der Waals surface area contributed by atoms with E-state index < -0.39 is 10.0 Å². The molecule has 0 spiro atoms. The Labute approximate surface area is 114 Å². The minimum Gasteiger partial charge on any atom is -0.211 e. The Bertz CT molecular complexity index is 609. The number of hydrogen-bond donors (Lipinski definition) is 1. The molecule has 0 bridgehead atoms. The van der Waals surface area contributed by atoms with Gasteiger partial charge >= 0.3 is 0 Å². The number of hydrogen-bond acceptors (Lipinski definition) is 2. The van der Waals surface area contributed by atoms with Gasteiger partial charge in [0.1, 0.15) is 0 Å². The Morgan fingerprint density at radius 1 is 0.947 bits per heavy atom. The van der Waals surface area contributed by atoms with Crippen LogP contribution in [-0.4, -0.2) is 15.0 Å². The molecule has 4 heteroatoms. The molecule has 0 heterocycles. The Balaban J connectivity index is 2.03. The second-order valence-corrected chi connectivity index (χ2v) is 6.24. The molecule has 2 rings (SSSR count). The predicted molar refractivity (Wildman–Crippen MR) is 76.5 cm³/mol. The van der Waals surface area contributed by atoms with Gasteiger partial charge in [0.15, 0.2) is 0 Å². The summed E-state index contributed by atoms with van der Waals surface area (Å²) in [5.41, 5.74) is 1.12. The molecule has 0 saturated carbocycles. The fourth-order valence-electron chi connectivity index (χ4n) is 1.82. The van der Waals surface area contributed by atoms with E-state index in [9.17, 15) is 8.42 Å². The van der Waals surface area contributed by atoms with Crippen LogP contribution in [0, 0.1) is 0 Å². The molecule has 0 saturated heterocycles. The lowest BCUT2D eigenvalue weighted by Gasteiger charge is -2.13. The first-order valence-corrected chi connectivity index (χ1v) is 7.67. The van der Waals surface area contributed by atoms with Gasteiger partial charge in [0.2, 0.25) is 10.0 Å². The zero-order chi connectivity index (χ0) is 13.7. The van der Waals surface area contributed by atoms with Gasteiger partial charge in [-0.15, -0.1) is 0 Å². The Kier molecular flexibility index (Phi) is 4.35. The van der Waals surface area contributed by atoms with Crippen molar-refractivity contribution in [1.82, 2.24) is 4.72 Å². The number of benzene rings is 2. The molecule has 0 fully saturated rings. The maximum absolute atomic E-state index is 12.1. The zero-order valence-electron chi connectivity index (χ0n) is 10.8. The fraction of sp³-hybridized carbons (Fsp3) is 0.200. The third kappa shape index (κ3) is 3.66. The minimum absolute atomic E-state index is 0.139. The third-order valence-electron chi connectivity index (χ3n) is 3.00. The first-order valence-electron chi connectivity index (χ1n) is 6.19. The van der Waals surface area contributed by atoms with E-state index in [0.29, 0.717) is 11.4 Å². The van der Waals surface area contributed by atoms with Crippen LogP contribution in [0.15, 0.2) is 65.6 Å². The second-order valence-electron chi connectivity index (χ2n) is 4.48. The summed E-state index contributed by atoms with van der Waals surface area (Å²) < 4.78 is 26.8. The average molecular weight is 275 g/mol. The Hall–Kier alpha value is -1.65. The van der Waals surface area contributed by atoms with E-state index in [0.717, 1.165) is 5.56 Å². The van der Waals surface area contributed by atoms with Crippen LogP contribution in [0.1, 0.15) is 18.4 Å². The highest BCUT2D eigenvalue weighted by Gasteiger charge is 2.14. The molecular formula is C15H17NO2S. The lowest BCUT2D eigenvalue weighted by atomic mass is 10.0. The van der Waals surface area contributed by atoms with Crippen LogP contribution in [0.4, 0.5) is 0 Å².